The van der Waals surface area contributed by atoms with Gasteiger partial charge in [0.2, 0.25) is 11.8 Å². The predicted octanol–water partition coefficient (Wildman–Crippen LogP) is 6.15. The molecule has 0 spiro atoms. The van der Waals surface area contributed by atoms with Gasteiger partial charge < -0.3 is 27.6 Å². The Morgan fingerprint density at radius 3 is 1.50 bits per heavy atom. The number of anilines is 2. The highest BCUT2D eigenvalue weighted by atomic mass is 127. The Bertz CT molecular complexity index is 1920. The van der Waals surface area contributed by atoms with Crippen LogP contribution in [0, 0.1) is 3.57 Å². The van der Waals surface area contributed by atoms with Gasteiger partial charge in [-0.25, -0.2) is 19.6 Å². The molecule has 0 unspecified atom stereocenters. The van der Waals surface area contributed by atoms with Crippen LogP contribution in [0.2, 0.25) is 0 Å². The second-order valence-electron chi connectivity index (χ2n) is 14.8. The van der Waals surface area contributed by atoms with Crippen LogP contribution in [0.25, 0.3) is 11.3 Å². The SMILES string of the molecule is CC(=O)N(C(=O)OC(C)(C)C)c1cn2cc(B3OC(C)(C)C(C)(C)O3)ccc2n1.CC(=O)N(C(=O)OC(C)(C)C)c1cn2cc(I)ccc2n1. The molecule has 16 heteroatoms. The van der Waals surface area contributed by atoms with Gasteiger partial charge in [0.1, 0.15) is 22.5 Å². The van der Waals surface area contributed by atoms with Gasteiger partial charge in [-0.15, -0.1) is 0 Å². The zero-order valence-corrected chi connectivity index (χ0v) is 32.7. The molecular weight excluding hydrogens is 758 g/mol. The van der Waals surface area contributed by atoms with Crippen molar-refractivity contribution >= 4 is 82.1 Å². The van der Waals surface area contributed by atoms with Gasteiger partial charge in [-0.1, -0.05) is 6.07 Å². The van der Waals surface area contributed by atoms with E-state index in [9.17, 15) is 19.2 Å². The van der Waals surface area contributed by atoms with Gasteiger partial charge in [0, 0.05) is 29.8 Å². The van der Waals surface area contributed by atoms with E-state index in [4.69, 9.17) is 18.8 Å². The molecule has 0 radical (unpaired) electrons. The molecule has 0 aliphatic carbocycles. The van der Waals surface area contributed by atoms with Gasteiger partial charge in [0.05, 0.1) is 23.6 Å². The molecule has 1 aliphatic heterocycles. The van der Waals surface area contributed by atoms with Crippen LogP contribution in [0.5, 0.6) is 0 Å². The Labute approximate surface area is 305 Å². The first-order valence-corrected chi connectivity index (χ1v) is 17.0. The normalized spacial score (nSPS) is 15.3. The van der Waals surface area contributed by atoms with Gasteiger partial charge >= 0.3 is 19.3 Å². The largest absolute Gasteiger partial charge is 0.496 e. The number of imide groups is 2. The quantitative estimate of drug-likeness (QED) is 0.175. The molecule has 5 rings (SSSR count). The molecule has 4 aromatic rings. The van der Waals surface area contributed by atoms with Crippen molar-refractivity contribution in [3.8, 4) is 0 Å². The van der Waals surface area contributed by atoms with Crippen molar-refractivity contribution in [1.82, 2.24) is 18.8 Å². The third kappa shape index (κ3) is 9.00. The molecule has 0 bridgehead atoms. The summed E-state index contributed by atoms with van der Waals surface area (Å²) in [4.78, 5) is 59.1. The lowest BCUT2D eigenvalue weighted by Crippen LogP contribution is -2.41. The highest BCUT2D eigenvalue weighted by Gasteiger charge is 2.51. The maximum absolute atomic E-state index is 12.5. The molecule has 14 nitrogen and oxygen atoms in total. The molecule has 5 heterocycles. The number of pyridine rings is 2. The first-order valence-electron chi connectivity index (χ1n) is 15.9. The van der Waals surface area contributed by atoms with Gasteiger partial charge in [-0.05, 0) is 115 Å². The molecule has 4 amide bonds. The van der Waals surface area contributed by atoms with Gasteiger partial charge in [-0.2, -0.15) is 9.80 Å². The fraction of sp³-hybridized carbons (Fsp3) is 0.471. The summed E-state index contributed by atoms with van der Waals surface area (Å²) >= 11 is 2.18. The van der Waals surface area contributed by atoms with Crippen molar-refractivity contribution < 1.29 is 38.0 Å². The van der Waals surface area contributed by atoms with E-state index in [1.807, 2.05) is 58.3 Å². The zero-order chi connectivity index (χ0) is 37.6. The standard InChI is InChI=1S/C20H28BN3O5.C14H16IN3O3/c1-13(25)24(17(26)27-18(2,3)4)16-12-23-11-14(9-10-15(23)22-16)21-28-19(5,6)20(7,8)29-21;1-9(19)18(13(20)21-14(2,3)4)12-8-17-7-10(15)5-6-11(17)16-12/h9-12H,1-8H3;5-8H,1-4H3. The van der Waals surface area contributed by atoms with Crippen LogP contribution >= 0.6 is 22.6 Å². The van der Waals surface area contributed by atoms with Crippen LogP contribution < -0.4 is 15.3 Å². The molecule has 1 fully saturated rings. The smallest absolute Gasteiger partial charge is 0.443 e. The number of carbonyl (C=O) groups excluding carboxylic acids is 4. The van der Waals surface area contributed by atoms with Crippen LogP contribution in [0.1, 0.15) is 83.1 Å². The van der Waals surface area contributed by atoms with E-state index in [-0.39, 0.29) is 11.6 Å². The summed E-state index contributed by atoms with van der Waals surface area (Å²) in [7, 11) is -0.523. The van der Waals surface area contributed by atoms with E-state index >= 15 is 0 Å². The second-order valence-corrected chi connectivity index (χ2v) is 16.0. The van der Waals surface area contributed by atoms with Gasteiger partial charge in [-0.3, -0.25) is 9.59 Å². The summed E-state index contributed by atoms with van der Waals surface area (Å²) in [5.74, 6) is -0.479. The lowest BCUT2D eigenvalue weighted by Gasteiger charge is -2.32. The number of halogens is 1. The van der Waals surface area contributed by atoms with Crippen molar-refractivity contribution in [2.24, 2.45) is 0 Å². The van der Waals surface area contributed by atoms with E-state index in [1.54, 1.807) is 68.8 Å². The summed E-state index contributed by atoms with van der Waals surface area (Å²) in [6, 6.07) is 7.37. The number of aromatic nitrogens is 4. The van der Waals surface area contributed by atoms with Crippen LogP contribution in [0.15, 0.2) is 49.1 Å². The minimum atomic E-state index is -0.764. The molecule has 1 aliphatic rings. The predicted molar refractivity (Wildman–Crippen MR) is 198 cm³/mol. The van der Waals surface area contributed by atoms with Crippen LogP contribution in [0.4, 0.5) is 21.2 Å². The lowest BCUT2D eigenvalue weighted by molar-refractivity contribution is -0.117. The number of carbonyl (C=O) groups is 4. The van der Waals surface area contributed by atoms with Crippen molar-refractivity contribution in [3.63, 3.8) is 0 Å². The molecule has 50 heavy (non-hydrogen) atoms. The Hall–Kier alpha value is -4.03. The number of fused-ring (bicyclic) bond motifs is 2. The molecule has 1 saturated heterocycles. The summed E-state index contributed by atoms with van der Waals surface area (Å²) in [6.45, 7) is 21.0. The summed E-state index contributed by atoms with van der Waals surface area (Å²) in [5.41, 5.74) is -0.265. The lowest BCUT2D eigenvalue weighted by atomic mass is 9.80. The minimum Gasteiger partial charge on any atom is -0.443 e. The maximum atomic E-state index is 12.5. The van der Waals surface area contributed by atoms with Crippen molar-refractivity contribution in [2.45, 2.75) is 105 Å². The Morgan fingerprint density at radius 2 is 1.10 bits per heavy atom. The average molecular weight is 802 g/mol. The number of ether oxygens (including phenoxy) is 2. The molecular formula is C34H44BIN6O8. The van der Waals surface area contributed by atoms with Crippen molar-refractivity contribution in [3.05, 3.63) is 52.6 Å². The molecule has 4 aromatic heterocycles. The van der Waals surface area contributed by atoms with E-state index in [2.05, 4.69) is 32.6 Å². The van der Waals surface area contributed by atoms with Crippen molar-refractivity contribution in [1.29, 1.82) is 0 Å². The highest BCUT2D eigenvalue weighted by molar-refractivity contribution is 14.1. The monoisotopic (exact) mass is 802 g/mol. The molecule has 268 valence electrons. The third-order valence-corrected chi connectivity index (χ3v) is 8.27. The van der Waals surface area contributed by atoms with E-state index < -0.39 is 53.5 Å². The molecule has 0 N–H and O–H groups in total. The van der Waals surface area contributed by atoms with Crippen molar-refractivity contribution in [2.75, 3.05) is 9.80 Å². The fourth-order valence-corrected chi connectivity index (χ4v) is 5.14. The first kappa shape index (κ1) is 38.8. The Kier molecular flexibility index (Phi) is 10.8. The average Bonchev–Trinajstić information content (AvgIpc) is 3.58. The Morgan fingerprint density at radius 1 is 0.700 bits per heavy atom. The summed E-state index contributed by atoms with van der Waals surface area (Å²) in [5, 5.41) is 0. The maximum Gasteiger partial charge on any atom is 0.496 e. The summed E-state index contributed by atoms with van der Waals surface area (Å²) in [6.07, 6.45) is 5.42. The van der Waals surface area contributed by atoms with Crippen LogP contribution in [-0.4, -0.2) is 72.3 Å². The second kappa shape index (κ2) is 13.9. The van der Waals surface area contributed by atoms with Crippen LogP contribution in [0.3, 0.4) is 0 Å². The Balaban J connectivity index is 0.000000237. The van der Waals surface area contributed by atoms with E-state index in [0.29, 0.717) is 11.3 Å². The van der Waals surface area contributed by atoms with Gasteiger partial charge in [0.15, 0.2) is 11.6 Å². The fourth-order valence-electron chi connectivity index (χ4n) is 4.66. The number of imidazole rings is 2. The topological polar surface area (TPSA) is 146 Å². The third-order valence-electron chi connectivity index (χ3n) is 7.63. The van der Waals surface area contributed by atoms with Crippen LogP contribution in [-0.2, 0) is 28.4 Å². The van der Waals surface area contributed by atoms with E-state index in [1.165, 1.54) is 13.8 Å². The number of rotatable bonds is 3. The van der Waals surface area contributed by atoms with E-state index in [0.717, 1.165) is 18.8 Å². The number of nitrogens with zero attached hydrogens (tertiary/aromatic N) is 6. The zero-order valence-electron chi connectivity index (χ0n) is 30.5. The molecule has 0 aromatic carbocycles. The number of hydrogen-bond acceptors (Lipinski definition) is 10. The number of amides is 4. The van der Waals surface area contributed by atoms with Gasteiger partial charge in [0.25, 0.3) is 0 Å². The highest BCUT2D eigenvalue weighted by Crippen LogP contribution is 2.36. The number of hydrogen-bond donors (Lipinski definition) is 0. The summed E-state index contributed by atoms with van der Waals surface area (Å²) < 4.78 is 27.3. The minimum absolute atomic E-state index is 0.192. The molecule has 0 saturated carbocycles. The molecule has 0 atom stereocenters. The first-order chi connectivity index (χ1) is 22.9.